The molecule has 1 aromatic rings. The highest BCUT2D eigenvalue weighted by atomic mass is 35.5. The zero-order chi connectivity index (χ0) is 14.5. The van der Waals surface area contributed by atoms with Crippen LogP contribution in [-0.2, 0) is 14.8 Å². The molecule has 0 radical (unpaired) electrons. The normalized spacial score (nSPS) is 29.0. The van der Waals surface area contributed by atoms with Crippen molar-refractivity contribution in [1.82, 2.24) is 4.72 Å². The lowest BCUT2D eigenvalue weighted by atomic mass is 9.96. The van der Waals surface area contributed by atoms with Crippen LogP contribution in [0.3, 0.4) is 0 Å². The Hall–Kier alpha value is -0.890. The van der Waals surface area contributed by atoms with E-state index in [1.165, 1.54) is 0 Å². The molecule has 0 aromatic heterocycles. The van der Waals surface area contributed by atoms with E-state index in [1.807, 2.05) is 0 Å². The Balaban J connectivity index is 1.87. The third-order valence-electron chi connectivity index (χ3n) is 3.75. The molecule has 20 heavy (non-hydrogen) atoms. The average molecular weight is 321 g/mol. The number of hydrogen-bond donors (Lipinski definition) is 2. The largest absolute Gasteiger partial charge is 0.396 e. The summed E-state index contributed by atoms with van der Waals surface area (Å²) >= 11 is 5.80. The first-order valence-electron chi connectivity index (χ1n) is 6.29. The van der Waals surface area contributed by atoms with Gasteiger partial charge in [0.2, 0.25) is 10.0 Å². The molecule has 5 nitrogen and oxygen atoms in total. The number of nitrogens with one attached hydrogen (secondary N) is 1. The molecule has 0 saturated carbocycles. The lowest BCUT2D eigenvalue weighted by Gasteiger charge is -2.20. The molecule has 110 valence electrons. The third-order valence-corrected chi connectivity index (χ3v) is 5.71. The minimum atomic E-state index is -3.84. The third kappa shape index (κ3) is 2.39. The van der Waals surface area contributed by atoms with Crippen molar-refractivity contribution in [2.45, 2.75) is 42.4 Å². The van der Waals surface area contributed by atoms with E-state index < -0.39 is 15.8 Å². The number of sulfonamides is 1. The van der Waals surface area contributed by atoms with Crippen LogP contribution in [0.1, 0.15) is 19.3 Å². The fourth-order valence-electron chi connectivity index (χ4n) is 2.78. The Bertz CT molecular complexity index is 652. The topological polar surface area (TPSA) is 81.4 Å². The van der Waals surface area contributed by atoms with Gasteiger partial charge in [0.25, 0.3) is 0 Å². The summed E-state index contributed by atoms with van der Waals surface area (Å²) in [4.78, 5) is -0.208. The number of ether oxygens (including phenoxy) is 1. The van der Waals surface area contributed by atoms with Gasteiger partial charge in [-0.2, -0.15) is 0 Å². The van der Waals surface area contributed by atoms with Crippen molar-refractivity contribution in [3.05, 3.63) is 23.0 Å². The summed E-state index contributed by atoms with van der Waals surface area (Å²) < 4.78 is 46.0. The molecule has 1 aromatic carbocycles. The second-order valence-electron chi connectivity index (χ2n) is 5.14. The molecule has 2 fully saturated rings. The van der Waals surface area contributed by atoms with Crippen LogP contribution in [0.2, 0.25) is 5.02 Å². The van der Waals surface area contributed by atoms with Crippen LogP contribution < -0.4 is 10.5 Å². The molecular formula is C12H14ClFN2O3S. The van der Waals surface area contributed by atoms with Gasteiger partial charge in [-0.25, -0.2) is 17.5 Å². The molecule has 2 aliphatic heterocycles. The predicted octanol–water partition coefficient (Wildman–Crippen LogP) is 1.66. The fraction of sp³-hybridized carbons (Fsp3) is 0.500. The van der Waals surface area contributed by atoms with Gasteiger partial charge in [0.05, 0.1) is 29.0 Å². The van der Waals surface area contributed by atoms with Gasteiger partial charge in [0.15, 0.2) is 0 Å². The van der Waals surface area contributed by atoms with Gasteiger partial charge < -0.3 is 10.5 Å². The Labute approximate surface area is 121 Å². The standard InChI is InChI=1S/C12H14ClFN2O3S/c13-7-4-8(14)9(15)5-12(7)20(17,18)16-10-3-6-1-2-11(10)19-6/h4-6,10-11,16H,1-3,15H2. The Morgan fingerprint density at radius 3 is 2.75 bits per heavy atom. The van der Waals surface area contributed by atoms with Gasteiger partial charge in [0.1, 0.15) is 10.7 Å². The van der Waals surface area contributed by atoms with Gasteiger partial charge in [-0.3, -0.25) is 0 Å². The molecule has 2 heterocycles. The highest BCUT2D eigenvalue weighted by molar-refractivity contribution is 7.89. The summed E-state index contributed by atoms with van der Waals surface area (Å²) in [6.07, 6.45) is 2.50. The van der Waals surface area contributed by atoms with E-state index in [1.54, 1.807) is 0 Å². The first-order chi connectivity index (χ1) is 9.37. The highest BCUT2D eigenvalue weighted by Crippen LogP contribution is 2.35. The number of hydrogen-bond acceptors (Lipinski definition) is 4. The molecule has 0 aliphatic carbocycles. The van der Waals surface area contributed by atoms with E-state index in [-0.39, 0.29) is 33.9 Å². The van der Waals surface area contributed by atoms with Gasteiger partial charge in [0, 0.05) is 0 Å². The first kappa shape index (κ1) is 14.1. The molecule has 8 heteroatoms. The Kier molecular flexibility index (Phi) is 3.40. The van der Waals surface area contributed by atoms with Gasteiger partial charge in [-0.1, -0.05) is 11.6 Å². The van der Waals surface area contributed by atoms with Gasteiger partial charge >= 0.3 is 0 Å². The quantitative estimate of drug-likeness (QED) is 0.830. The minimum Gasteiger partial charge on any atom is -0.396 e. The summed E-state index contributed by atoms with van der Waals surface area (Å²) in [6.45, 7) is 0. The maximum Gasteiger partial charge on any atom is 0.242 e. The van der Waals surface area contributed by atoms with Crippen LogP contribution in [0.25, 0.3) is 0 Å². The molecule has 3 unspecified atom stereocenters. The highest BCUT2D eigenvalue weighted by Gasteiger charge is 2.42. The molecule has 0 spiro atoms. The van der Waals surface area contributed by atoms with Crippen molar-refractivity contribution in [2.24, 2.45) is 0 Å². The Morgan fingerprint density at radius 1 is 1.40 bits per heavy atom. The second kappa shape index (κ2) is 4.84. The van der Waals surface area contributed by atoms with E-state index in [4.69, 9.17) is 22.1 Å². The lowest BCUT2D eigenvalue weighted by molar-refractivity contribution is 0.0996. The number of anilines is 1. The monoisotopic (exact) mass is 320 g/mol. The zero-order valence-corrected chi connectivity index (χ0v) is 12.0. The van der Waals surface area contributed by atoms with E-state index in [9.17, 15) is 12.8 Å². The molecule has 2 aliphatic rings. The molecule has 2 saturated heterocycles. The molecule has 3 N–H and O–H groups in total. The maximum absolute atomic E-state index is 13.2. The summed E-state index contributed by atoms with van der Waals surface area (Å²) in [6, 6.07) is 1.68. The summed E-state index contributed by atoms with van der Waals surface area (Å²) in [5.74, 6) is -0.739. The van der Waals surface area contributed by atoms with Crippen LogP contribution in [0.4, 0.5) is 10.1 Å². The van der Waals surface area contributed by atoms with Crippen LogP contribution in [0, 0.1) is 5.82 Å². The van der Waals surface area contributed by atoms with Crippen molar-refractivity contribution in [1.29, 1.82) is 0 Å². The molecular weight excluding hydrogens is 307 g/mol. The first-order valence-corrected chi connectivity index (χ1v) is 8.15. The van der Waals surface area contributed by atoms with Crippen LogP contribution >= 0.6 is 11.6 Å². The van der Waals surface area contributed by atoms with Crippen LogP contribution in [0.15, 0.2) is 17.0 Å². The smallest absolute Gasteiger partial charge is 0.242 e. The van der Waals surface area contributed by atoms with Crippen molar-refractivity contribution in [3.63, 3.8) is 0 Å². The molecule has 3 rings (SSSR count). The van der Waals surface area contributed by atoms with Crippen molar-refractivity contribution in [2.75, 3.05) is 5.73 Å². The van der Waals surface area contributed by atoms with Gasteiger partial charge in [-0.15, -0.1) is 0 Å². The number of rotatable bonds is 3. The zero-order valence-electron chi connectivity index (χ0n) is 10.5. The summed E-state index contributed by atoms with van der Waals surface area (Å²) in [5, 5.41) is -0.187. The summed E-state index contributed by atoms with van der Waals surface area (Å²) in [5.41, 5.74) is 5.15. The van der Waals surface area contributed by atoms with E-state index in [0.29, 0.717) is 6.42 Å². The fourth-order valence-corrected chi connectivity index (χ4v) is 4.60. The molecule has 2 bridgehead atoms. The Morgan fingerprint density at radius 2 is 2.15 bits per heavy atom. The van der Waals surface area contributed by atoms with E-state index in [2.05, 4.69) is 4.72 Å². The van der Waals surface area contributed by atoms with Crippen molar-refractivity contribution >= 4 is 27.3 Å². The number of fused-ring (bicyclic) bond motifs is 2. The predicted molar refractivity (Wildman–Crippen MR) is 72.4 cm³/mol. The average Bonchev–Trinajstić information content (AvgIpc) is 2.95. The number of benzene rings is 1. The molecule has 0 amide bonds. The van der Waals surface area contributed by atoms with Crippen LogP contribution in [-0.4, -0.2) is 26.7 Å². The maximum atomic E-state index is 13.2. The SMILES string of the molecule is Nc1cc(S(=O)(=O)NC2CC3CCC2O3)c(Cl)cc1F. The summed E-state index contributed by atoms with van der Waals surface area (Å²) in [7, 11) is -3.84. The van der Waals surface area contributed by atoms with E-state index in [0.717, 1.165) is 25.0 Å². The van der Waals surface area contributed by atoms with Crippen molar-refractivity contribution < 1.29 is 17.5 Å². The van der Waals surface area contributed by atoms with Gasteiger partial charge in [-0.05, 0) is 31.4 Å². The number of halogens is 2. The van der Waals surface area contributed by atoms with Crippen LogP contribution in [0.5, 0.6) is 0 Å². The minimum absolute atomic E-state index is 0.0913. The van der Waals surface area contributed by atoms with E-state index >= 15 is 0 Å². The lowest BCUT2D eigenvalue weighted by Crippen LogP contribution is -2.41. The number of nitrogens with two attached hydrogens (primary N) is 1. The number of nitrogen functional groups attached to an aromatic ring is 1. The molecule has 3 atom stereocenters. The second-order valence-corrected chi connectivity index (χ2v) is 7.23. The van der Waals surface area contributed by atoms with Crippen molar-refractivity contribution in [3.8, 4) is 0 Å².